The van der Waals surface area contributed by atoms with Gasteiger partial charge in [-0.05, 0) is 25.0 Å². The lowest BCUT2D eigenvalue weighted by Crippen LogP contribution is -2.42. The topological polar surface area (TPSA) is 66.6 Å². The van der Waals surface area contributed by atoms with Gasteiger partial charge < -0.3 is 24.7 Å². The highest BCUT2D eigenvalue weighted by atomic mass is 16.7. The summed E-state index contributed by atoms with van der Waals surface area (Å²) < 4.78 is 11.3. The fourth-order valence-corrected chi connectivity index (χ4v) is 3.72. The van der Waals surface area contributed by atoms with E-state index < -0.39 is 5.79 Å². The van der Waals surface area contributed by atoms with Gasteiger partial charge in [-0.1, -0.05) is 18.2 Å². The van der Waals surface area contributed by atoms with Crippen LogP contribution in [0.25, 0.3) is 10.9 Å². The van der Waals surface area contributed by atoms with Gasteiger partial charge in [-0.2, -0.15) is 0 Å². The number of hydrogen-bond donors (Lipinski definition) is 2. The van der Waals surface area contributed by atoms with Crippen molar-refractivity contribution in [1.29, 1.82) is 0 Å². The maximum absolute atomic E-state index is 12.4. The number of fused-ring (bicyclic) bond motifs is 1. The number of para-hydroxylation sites is 1. The molecule has 0 unspecified atom stereocenters. The van der Waals surface area contributed by atoms with Crippen molar-refractivity contribution in [3.63, 3.8) is 0 Å². The Morgan fingerprint density at radius 3 is 2.96 bits per heavy atom. The summed E-state index contributed by atoms with van der Waals surface area (Å²) in [4.78, 5) is 17.5. The predicted molar refractivity (Wildman–Crippen MR) is 91.0 cm³/mol. The van der Waals surface area contributed by atoms with Crippen molar-refractivity contribution in [2.75, 3.05) is 32.8 Å². The van der Waals surface area contributed by atoms with Crippen LogP contribution >= 0.6 is 0 Å². The van der Waals surface area contributed by atoms with Crippen molar-refractivity contribution in [3.05, 3.63) is 35.5 Å². The number of carbonyl (C=O) groups is 1. The molecule has 2 amide bonds. The normalized spacial score (nSPS) is 19.5. The first kappa shape index (κ1) is 15.5. The van der Waals surface area contributed by atoms with Gasteiger partial charge in [0.05, 0.1) is 19.8 Å². The summed E-state index contributed by atoms with van der Waals surface area (Å²) in [5, 5.41) is 4.26. The third-order valence-corrected chi connectivity index (χ3v) is 4.97. The van der Waals surface area contributed by atoms with E-state index in [4.69, 9.17) is 9.47 Å². The van der Waals surface area contributed by atoms with Crippen molar-refractivity contribution in [2.45, 2.75) is 25.6 Å². The number of amides is 2. The molecule has 4 rings (SSSR count). The minimum Gasteiger partial charge on any atom is -0.358 e. The molecule has 1 spiro atoms. The minimum absolute atomic E-state index is 0.0385. The van der Waals surface area contributed by atoms with Crippen molar-refractivity contribution >= 4 is 16.9 Å². The Morgan fingerprint density at radius 1 is 1.33 bits per heavy atom. The predicted octanol–water partition coefficient (Wildman–Crippen LogP) is 2.18. The van der Waals surface area contributed by atoms with Crippen LogP contribution in [0.2, 0.25) is 0 Å². The van der Waals surface area contributed by atoms with E-state index in [2.05, 4.69) is 29.4 Å². The fourth-order valence-electron chi connectivity index (χ4n) is 3.72. The van der Waals surface area contributed by atoms with Gasteiger partial charge in [-0.25, -0.2) is 4.79 Å². The molecular weight excluding hydrogens is 306 g/mol. The van der Waals surface area contributed by atoms with Gasteiger partial charge in [0, 0.05) is 36.1 Å². The first-order valence-electron chi connectivity index (χ1n) is 8.54. The van der Waals surface area contributed by atoms with Crippen LogP contribution in [0, 0.1) is 6.92 Å². The van der Waals surface area contributed by atoms with E-state index in [0.717, 1.165) is 18.4 Å². The van der Waals surface area contributed by atoms with E-state index in [1.165, 1.54) is 16.6 Å². The Balaban J connectivity index is 1.34. The van der Waals surface area contributed by atoms with Crippen LogP contribution in [-0.4, -0.2) is 54.6 Å². The molecular formula is C18H23N3O3. The summed E-state index contributed by atoms with van der Waals surface area (Å²) >= 11 is 0. The summed E-state index contributed by atoms with van der Waals surface area (Å²) in [5.41, 5.74) is 3.58. The molecule has 2 aromatic rings. The number of carbonyl (C=O) groups excluding carboxylic acids is 1. The zero-order valence-corrected chi connectivity index (χ0v) is 13.9. The molecule has 1 aromatic heterocycles. The van der Waals surface area contributed by atoms with Crippen LogP contribution in [0.1, 0.15) is 17.7 Å². The number of aromatic nitrogens is 1. The van der Waals surface area contributed by atoms with Crippen LogP contribution in [0.4, 0.5) is 4.79 Å². The molecule has 6 heteroatoms. The quantitative estimate of drug-likeness (QED) is 0.907. The van der Waals surface area contributed by atoms with Crippen LogP contribution in [0.3, 0.4) is 0 Å². The molecule has 0 radical (unpaired) electrons. The second-order valence-electron chi connectivity index (χ2n) is 6.54. The number of benzene rings is 1. The number of urea groups is 1. The van der Waals surface area contributed by atoms with Gasteiger partial charge in [-0.15, -0.1) is 0 Å². The van der Waals surface area contributed by atoms with Crippen molar-refractivity contribution in [1.82, 2.24) is 15.2 Å². The van der Waals surface area contributed by atoms with Gasteiger partial charge in [0.25, 0.3) is 0 Å². The van der Waals surface area contributed by atoms with Gasteiger partial charge >= 0.3 is 6.03 Å². The minimum atomic E-state index is -0.551. The van der Waals surface area contributed by atoms with Gasteiger partial charge in [0.15, 0.2) is 5.79 Å². The van der Waals surface area contributed by atoms with Crippen molar-refractivity contribution in [3.8, 4) is 0 Å². The van der Waals surface area contributed by atoms with E-state index in [-0.39, 0.29) is 6.03 Å². The highest BCUT2D eigenvalue weighted by Gasteiger charge is 2.44. The Morgan fingerprint density at radius 2 is 2.12 bits per heavy atom. The summed E-state index contributed by atoms with van der Waals surface area (Å²) in [6.07, 6.45) is 1.57. The molecule has 1 aromatic carbocycles. The maximum atomic E-state index is 12.4. The van der Waals surface area contributed by atoms with E-state index in [0.29, 0.717) is 32.8 Å². The Kier molecular flexibility index (Phi) is 3.94. The number of likely N-dealkylation sites (tertiary alicyclic amines) is 1. The number of nitrogens with one attached hydrogen (secondary N) is 2. The lowest BCUT2D eigenvalue weighted by Gasteiger charge is -2.22. The van der Waals surface area contributed by atoms with E-state index in [1.54, 1.807) is 4.90 Å². The van der Waals surface area contributed by atoms with Crippen LogP contribution in [0.5, 0.6) is 0 Å². The van der Waals surface area contributed by atoms with Gasteiger partial charge in [-0.3, -0.25) is 0 Å². The largest absolute Gasteiger partial charge is 0.358 e. The molecule has 0 atom stereocenters. The van der Waals surface area contributed by atoms with E-state index in [9.17, 15) is 4.79 Å². The number of aromatic amines is 1. The highest BCUT2D eigenvalue weighted by Crippen LogP contribution is 2.30. The number of hydrogen-bond acceptors (Lipinski definition) is 3. The molecule has 0 bridgehead atoms. The molecule has 3 heterocycles. The number of aryl methyl sites for hydroxylation is 1. The Bertz CT molecular complexity index is 749. The average molecular weight is 329 g/mol. The smallest absolute Gasteiger partial charge is 0.317 e. The monoisotopic (exact) mass is 329 g/mol. The molecule has 2 fully saturated rings. The van der Waals surface area contributed by atoms with Crippen LogP contribution in [-0.2, 0) is 15.9 Å². The lowest BCUT2D eigenvalue weighted by atomic mass is 10.1. The molecule has 6 nitrogen and oxygen atoms in total. The SMILES string of the molecule is Cc1[nH]c2ccccc2c1CCNC(=O)N1CCC2(C1)OCCO2. The molecule has 0 aliphatic carbocycles. The van der Waals surface area contributed by atoms with Crippen molar-refractivity contribution in [2.24, 2.45) is 0 Å². The summed E-state index contributed by atoms with van der Waals surface area (Å²) in [6.45, 7) is 5.14. The second kappa shape index (κ2) is 6.11. The van der Waals surface area contributed by atoms with Gasteiger partial charge in [0.2, 0.25) is 0 Å². The summed E-state index contributed by atoms with van der Waals surface area (Å²) in [6, 6.07) is 8.23. The van der Waals surface area contributed by atoms with Gasteiger partial charge in [0.1, 0.15) is 0 Å². The first-order chi connectivity index (χ1) is 11.7. The maximum Gasteiger partial charge on any atom is 0.317 e. The summed E-state index contributed by atoms with van der Waals surface area (Å²) in [5.74, 6) is -0.551. The zero-order chi connectivity index (χ0) is 16.6. The van der Waals surface area contributed by atoms with Crippen LogP contribution < -0.4 is 5.32 Å². The zero-order valence-electron chi connectivity index (χ0n) is 13.9. The molecule has 2 N–H and O–H groups in total. The number of nitrogens with zero attached hydrogens (tertiary/aromatic N) is 1. The fraction of sp³-hybridized carbons (Fsp3) is 0.500. The van der Waals surface area contributed by atoms with Crippen LogP contribution in [0.15, 0.2) is 24.3 Å². The highest BCUT2D eigenvalue weighted by molar-refractivity contribution is 5.84. The standard InChI is InChI=1S/C18H23N3O3/c1-13-14(15-4-2-3-5-16(15)20-13)6-8-19-17(22)21-9-7-18(12-21)23-10-11-24-18/h2-5,20H,6-12H2,1H3,(H,19,22). The molecule has 0 saturated carbocycles. The Hall–Kier alpha value is -2.05. The van der Waals surface area contributed by atoms with E-state index >= 15 is 0 Å². The first-order valence-corrected chi connectivity index (χ1v) is 8.54. The lowest BCUT2D eigenvalue weighted by molar-refractivity contribution is -0.143. The molecule has 2 saturated heterocycles. The van der Waals surface area contributed by atoms with E-state index in [1.807, 2.05) is 12.1 Å². The summed E-state index contributed by atoms with van der Waals surface area (Å²) in [7, 11) is 0. The average Bonchev–Trinajstić information content (AvgIpc) is 3.29. The number of ether oxygens (including phenoxy) is 2. The third kappa shape index (κ3) is 2.76. The molecule has 2 aliphatic rings. The molecule has 128 valence electrons. The molecule has 2 aliphatic heterocycles. The third-order valence-electron chi connectivity index (χ3n) is 4.97. The number of H-pyrrole nitrogens is 1. The second-order valence-corrected chi connectivity index (χ2v) is 6.54. The number of rotatable bonds is 3. The Labute approximate surface area is 141 Å². The van der Waals surface area contributed by atoms with Crippen molar-refractivity contribution < 1.29 is 14.3 Å². The molecule has 24 heavy (non-hydrogen) atoms.